The minimum atomic E-state index is -0.347. The number of hydrogen-bond donors (Lipinski definition) is 0. The summed E-state index contributed by atoms with van der Waals surface area (Å²) in [7, 11) is 0. The standard InChI is InChI=1S/C125H83N3O2/c1-125(2)114-77-92(62-73-106(114)111-38-21-35-103(122(111)125)85-54-65-97(66-55-85)127(99-69-58-87(59-70-99)105-37-23-40-113-110-34-15-20-45-121(110)130-124(105)113)118-78-93(60-71-101(118)82-25-5-3-6-26-82)89-49-46-80-24-9-10-29-88(80)74-89)90-50-47-81-48-51-91(76-95(81)75-90)94-61-72-102(83-27-7-4-8-28-83)119(79-94)126(98-67-56-86(57-68-98)104-36-22-39-112-109-33-14-19-44-120(109)129-123(104)112)96-63-52-84(53-64-96)100-30-11-16-41-115(100)128-116-42-17-12-31-107(116)108-32-13-18-43-117(108)128/h3-79H,1-2H3. The van der Waals surface area contributed by atoms with Crippen LogP contribution in [0.5, 0.6) is 0 Å². The van der Waals surface area contributed by atoms with Crippen LogP contribution in [0.2, 0.25) is 0 Å². The highest BCUT2D eigenvalue weighted by molar-refractivity contribution is 6.13. The van der Waals surface area contributed by atoms with E-state index in [1.165, 1.54) is 82.3 Å². The predicted octanol–water partition coefficient (Wildman–Crippen LogP) is 35.1. The third-order valence-electron chi connectivity index (χ3n) is 27.2. The average molecular weight is 1660 g/mol. The van der Waals surface area contributed by atoms with Crippen molar-refractivity contribution in [2.24, 2.45) is 0 Å². The third kappa shape index (κ3) is 12.8. The van der Waals surface area contributed by atoms with Gasteiger partial charge in [0.1, 0.15) is 22.3 Å². The lowest BCUT2D eigenvalue weighted by Gasteiger charge is -2.29. The van der Waals surface area contributed by atoms with Crippen molar-refractivity contribution in [2.75, 3.05) is 9.80 Å². The Morgan fingerprint density at radius 2 is 0.538 bits per heavy atom. The molecule has 0 aliphatic heterocycles. The van der Waals surface area contributed by atoms with E-state index in [1.54, 1.807) is 0 Å². The number of nitrogens with zero attached hydrogens (tertiary/aromatic N) is 3. The molecule has 25 rings (SSSR count). The summed E-state index contributed by atoms with van der Waals surface area (Å²) in [6, 6.07) is 172. The van der Waals surface area contributed by atoms with Gasteiger partial charge in [0.15, 0.2) is 0 Å². The van der Waals surface area contributed by atoms with Crippen LogP contribution in [0.25, 0.3) is 204 Å². The summed E-state index contributed by atoms with van der Waals surface area (Å²) in [5.74, 6) is 0. The van der Waals surface area contributed by atoms with Crippen LogP contribution in [0, 0.1) is 0 Å². The molecule has 0 radical (unpaired) electrons. The molecular weight excluding hydrogens is 1580 g/mol. The van der Waals surface area contributed by atoms with Gasteiger partial charge >= 0.3 is 0 Å². The minimum Gasteiger partial charge on any atom is -0.455 e. The molecule has 1 aliphatic carbocycles. The van der Waals surface area contributed by atoms with Crippen molar-refractivity contribution in [3.8, 4) is 117 Å². The van der Waals surface area contributed by atoms with Gasteiger partial charge in [0.2, 0.25) is 0 Å². The van der Waals surface area contributed by atoms with Gasteiger partial charge in [-0.1, -0.05) is 366 Å². The Kier molecular flexibility index (Phi) is 17.9. The first-order valence-electron chi connectivity index (χ1n) is 44.8. The van der Waals surface area contributed by atoms with E-state index >= 15 is 0 Å². The first kappa shape index (κ1) is 75.7. The van der Waals surface area contributed by atoms with Gasteiger partial charge in [-0.05, 0) is 231 Å². The van der Waals surface area contributed by atoms with E-state index in [-0.39, 0.29) is 5.41 Å². The number of benzene rings is 21. The predicted molar refractivity (Wildman–Crippen MR) is 546 cm³/mol. The second kappa shape index (κ2) is 30.8. The van der Waals surface area contributed by atoms with Gasteiger partial charge in [-0.2, -0.15) is 0 Å². The van der Waals surface area contributed by atoms with Crippen LogP contribution >= 0.6 is 0 Å². The molecule has 0 fully saturated rings. The third-order valence-corrected chi connectivity index (χ3v) is 27.2. The first-order valence-corrected chi connectivity index (χ1v) is 44.8. The number of furan rings is 2. The van der Waals surface area contributed by atoms with Crippen LogP contribution in [0.3, 0.4) is 0 Å². The molecule has 130 heavy (non-hydrogen) atoms. The SMILES string of the molecule is CC1(C)c2cc(-c3ccc4ccc(-c5ccc(-c6ccccc6)c(N(c6ccc(-c7ccccc7-n7c8ccccc8c8ccccc87)cc6)c6ccc(-c7cccc8c7oc7ccccc78)cc6)c5)cc4c3)ccc2-c2cccc(-c3ccc(N(c4ccc(-c5cccc6c5oc5ccccc56)cc4)c4cc(-c5ccc6ccccc6c5)ccc4-c4ccccc4)cc3)c21. The smallest absolute Gasteiger partial charge is 0.143 e. The molecular formula is C125H83N3O2. The van der Waals surface area contributed by atoms with Crippen LogP contribution < -0.4 is 9.80 Å². The van der Waals surface area contributed by atoms with Gasteiger partial charge in [-0.25, -0.2) is 0 Å². The number of rotatable bonds is 16. The monoisotopic (exact) mass is 1660 g/mol. The average Bonchev–Trinajstić information content (AvgIpc) is 1.58. The number of para-hydroxylation sites is 7. The molecule has 0 atom stereocenters. The van der Waals surface area contributed by atoms with Crippen molar-refractivity contribution in [1.82, 2.24) is 4.57 Å². The van der Waals surface area contributed by atoms with Gasteiger partial charge < -0.3 is 23.2 Å². The summed E-state index contributed by atoms with van der Waals surface area (Å²) in [5.41, 5.74) is 38.4. The fourth-order valence-corrected chi connectivity index (χ4v) is 20.9. The van der Waals surface area contributed by atoms with E-state index < -0.39 is 0 Å². The summed E-state index contributed by atoms with van der Waals surface area (Å²) < 4.78 is 15.7. The van der Waals surface area contributed by atoms with E-state index in [9.17, 15) is 0 Å². The van der Waals surface area contributed by atoms with Crippen LogP contribution in [0.1, 0.15) is 25.0 Å². The van der Waals surface area contributed by atoms with Gasteiger partial charge in [0.25, 0.3) is 0 Å². The lowest BCUT2D eigenvalue weighted by Crippen LogP contribution is -2.16. The molecule has 0 unspecified atom stereocenters. The van der Waals surface area contributed by atoms with Crippen LogP contribution in [-0.2, 0) is 5.41 Å². The summed E-state index contributed by atoms with van der Waals surface area (Å²) in [4.78, 5) is 4.89. The first-order chi connectivity index (χ1) is 64.2. The van der Waals surface area contributed by atoms with Gasteiger partial charge in [-0.15, -0.1) is 0 Å². The highest BCUT2D eigenvalue weighted by Gasteiger charge is 2.38. The van der Waals surface area contributed by atoms with Gasteiger partial charge in [0.05, 0.1) is 28.1 Å². The minimum absolute atomic E-state index is 0.347. The van der Waals surface area contributed by atoms with Crippen molar-refractivity contribution in [1.29, 1.82) is 0 Å². The summed E-state index contributed by atoms with van der Waals surface area (Å²) in [6.45, 7) is 4.83. The molecule has 0 amide bonds. The molecule has 0 saturated heterocycles. The Bertz CT molecular complexity index is 8560. The van der Waals surface area contributed by atoms with Crippen molar-refractivity contribution in [3.63, 3.8) is 0 Å². The van der Waals surface area contributed by atoms with Gasteiger partial charge in [0, 0.05) is 88.3 Å². The van der Waals surface area contributed by atoms with Crippen molar-refractivity contribution >= 4 is 121 Å². The maximum atomic E-state index is 6.66. The van der Waals surface area contributed by atoms with E-state index in [0.29, 0.717) is 0 Å². The highest BCUT2D eigenvalue weighted by atomic mass is 16.3. The lowest BCUT2D eigenvalue weighted by molar-refractivity contribution is 0.662. The second-order valence-electron chi connectivity index (χ2n) is 35.0. The molecule has 24 aromatic rings. The van der Waals surface area contributed by atoms with E-state index in [1.807, 2.05) is 12.1 Å². The number of hydrogen-bond acceptors (Lipinski definition) is 4. The summed E-state index contributed by atoms with van der Waals surface area (Å²) >= 11 is 0. The van der Waals surface area contributed by atoms with Crippen molar-refractivity contribution < 1.29 is 8.83 Å². The van der Waals surface area contributed by atoms with Crippen LogP contribution in [0.4, 0.5) is 34.1 Å². The Labute approximate surface area is 753 Å². The van der Waals surface area contributed by atoms with Crippen molar-refractivity contribution in [2.45, 2.75) is 19.3 Å². The molecule has 1 aliphatic rings. The fourth-order valence-electron chi connectivity index (χ4n) is 20.9. The number of aromatic nitrogens is 1. The molecule has 610 valence electrons. The van der Waals surface area contributed by atoms with E-state index in [4.69, 9.17) is 8.83 Å². The highest BCUT2D eigenvalue weighted by Crippen LogP contribution is 2.55. The largest absolute Gasteiger partial charge is 0.455 e. The zero-order valence-corrected chi connectivity index (χ0v) is 71.6. The molecule has 0 bridgehead atoms. The molecule has 5 nitrogen and oxygen atoms in total. The Balaban J connectivity index is 0.564. The topological polar surface area (TPSA) is 37.7 Å². The Hall–Kier alpha value is -16.9. The quantitative estimate of drug-likeness (QED) is 0.0966. The Morgan fingerprint density at radius 3 is 1.05 bits per heavy atom. The second-order valence-corrected chi connectivity index (χ2v) is 35.0. The maximum Gasteiger partial charge on any atom is 0.143 e. The molecule has 0 spiro atoms. The van der Waals surface area contributed by atoms with E-state index in [0.717, 1.165) is 167 Å². The number of fused-ring (bicyclic) bond motifs is 14. The lowest BCUT2D eigenvalue weighted by atomic mass is 9.78. The van der Waals surface area contributed by atoms with Gasteiger partial charge in [-0.3, -0.25) is 0 Å². The Morgan fingerprint density at radius 1 is 0.208 bits per heavy atom. The molecule has 3 aromatic heterocycles. The summed E-state index contributed by atoms with van der Waals surface area (Å²) in [6.07, 6.45) is 0. The molecule has 0 N–H and O–H groups in total. The van der Waals surface area contributed by atoms with Crippen LogP contribution in [-0.4, -0.2) is 4.57 Å². The van der Waals surface area contributed by atoms with E-state index in [2.05, 4.69) is 483 Å². The fraction of sp³-hybridized carbons (Fsp3) is 0.0240. The summed E-state index contributed by atoms with van der Waals surface area (Å²) in [5, 5.41) is 11.7. The number of anilines is 6. The normalized spacial score (nSPS) is 12.3. The zero-order valence-electron chi connectivity index (χ0n) is 71.6. The molecule has 3 heterocycles. The van der Waals surface area contributed by atoms with Crippen LogP contribution in [0.15, 0.2) is 476 Å². The van der Waals surface area contributed by atoms with Crippen molar-refractivity contribution in [3.05, 3.63) is 478 Å². The molecule has 21 aromatic carbocycles. The zero-order chi connectivity index (χ0) is 86.1. The maximum absolute atomic E-state index is 6.66. The molecule has 5 heteroatoms. The molecule has 0 saturated carbocycles.